The number of likely N-dealkylation sites (tertiary alicyclic amines) is 3. The first-order valence-corrected chi connectivity index (χ1v) is 9.06. The molecule has 0 saturated carbocycles. The number of hydrogen-bond acceptors (Lipinski definition) is 4. The zero-order chi connectivity index (χ0) is 14.5. The summed E-state index contributed by atoms with van der Waals surface area (Å²) in [5, 5.41) is 3.73. The van der Waals surface area contributed by atoms with Crippen molar-refractivity contribution in [1.82, 2.24) is 20.0 Å². The van der Waals surface area contributed by atoms with E-state index < -0.39 is 0 Å². The van der Waals surface area contributed by atoms with Gasteiger partial charge in [0.15, 0.2) is 0 Å². The van der Waals surface area contributed by atoms with Gasteiger partial charge >= 0.3 is 0 Å². The molecule has 0 aromatic rings. The van der Waals surface area contributed by atoms with Crippen LogP contribution in [0.15, 0.2) is 0 Å². The first-order valence-electron chi connectivity index (χ1n) is 9.06. The Morgan fingerprint density at radius 3 is 2.43 bits per heavy atom. The normalized spacial score (nSPS) is 33.4. The molecule has 4 nitrogen and oxygen atoms in total. The highest BCUT2D eigenvalue weighted by molar-refractivity contribution is 5.08. The average Bonchev–Trinajstić information content (AvgIpc) is 3.02. The maximum Gasteiger partial charge on any atom is 0.0438 e. The first kappa shape index (κ1) is 14.4. The van der Waals surface area contributed by atoms with Crippen molar-refractivity contribution in [2.75, 3.05) is 58.9 Å². The minimum Gasteiger partial charge on any atom is -0.309 e. The van der Waals surface area contributed by atoms with Crippen LogP contribution in [0.1, 0.15) is 33.1 Å². The van der Waals surface area contributed by atoms with E-state index in [9.17, 15) is 0 Å². The van der Waals surface area contributed by atoms with Gasteiger partial charge in [-0.25, -0.2) is 0 Å². The standard InChI is InChI=1S/C17H32N4/c1-3-19-8-6-16(10-19)11-20(12-16)9-15(2)21-13-17(14-21)5-4-7-18-17/h15,18H,3-14H2,1-2H3. The zero-order valence-corrected chi connectivity index (χ0v) is 13.9. The smallest absolute Gasteiger partial charge is 0.0438 e. The van der Waals surface area contributed by atoms with Crippen molar-refractivity contribution in [3.05, 3.63) is 0 Å². The van der Waals surface area contributed by atoms with Crippen LogP contribution in [0.2, 0.25) is 0 Å². The van der Waals surface area contributed by atoms with Crippen molar-refractivity contribution >= 4 is 0 Å². The van der Waals surface area contributed by atoms with Gasteiger partial charge in [0.05, 0.1) is 0 Å². The van der Waals surface area contributed by atoms with Gasteiger partial charge in [-0.1, -0.05) is 6.92 Å². The molecular weight excluding hydrogens is 260 g/mol. The third kappa shape index (κ3) is 2.54. The second-order valence-electron chi connectivity index (χ2n) is 8.35. The Kier molecular flexibility index (Phi) is 3.57. The monoisotopic (exact) mass is 292 g/mol. The summed E-state index contributed by atoms with van der Waals surface area (Å²) in [4.78, 5) is 8.03. The lowest BCUT2D eigenvalue weighted by molar-refractivity contribution is -0.0373. The molecule has 4 fully saturated rings. The van der Waals surface area contributed by atoms with E-state index in [1.165, 1.54) is 78.2 Å². The molecule has 4 rings (SSSR count). The van der Waals surface area contributed by atoms with E-state index in [0.29, 0.717) is 11.0 Å². The van der Waals surface area contributed by atoms with Crippen LogP contribution in [0.4, 0.5) is 0 Å². The van der Waals surface area contributed by atoms with Crippen LogP contribution in [0.3, 0.4) is 0 Å². The fourth-order valence-corrected chi connectivity index (χ4v) is 5.26. The van der Waals surface area contributed by atoms with Crippen LogP contribution in [0.5, 0.6) is 0 Å². The molecule has 0 aromatic heterocycles. The van der Waals surface area contributed by atoms with Gasteiger partial charge in [-0.15, -0.1) is 0 Å². The number of rotatable bonds is 4. The van der Waals surface area contributed by atoms with Crippen LogP contribution < -0.4 is 5.32 Å². The molecule has 4 heteroatoms. The lowest BCUT2D eigenvalue weighted by Gasteiger charge is -2.54. The zero-order valence-electron chi connectivity index (χ0n) is 13.9. The van der Waals surface area contributed by atoms with Gasteiger partial charge in [-0.2, -0.15) is 0 Å². The van der Waals surface area contributed by atoms with Crippen LogP contribution in [-0.4, -0.2) is 85.2 Å². The second kappa shape index (κ2) is 5.19. The first-order chi connectivity index (χ1) is 10.1. The summed E-state index contributed by atoms with van der Waals surface area (Å²) in [7, 11) is 0. The van der Waals surface area contributed by atoms with Crippen LogP contribution in [0, 0.1) is 5.41 Å². The molecule has 4 heterocycles. The van der Waals surface area contributed by atoms with Gasteiger partial charge in [0.1, 0.15) is 0 Å². The van der Waals surface area contributed by atoms with Gasteiger partial charge in [0, 0.05) is 56.3 Å². The van der Waals surface area contributed by atoms with Crippen molar-refractivity contribution in [3.63, 3.8) is 0 Å². The molecule has 0 radical (unpaired) electrons. The summed E-state index contributed by atoms with van der Waals surface area (Å²) in [5.41, 5.74) is 1.18. The van der Waals surface area contributed by atoms with E-state index in [2.05, 4.69) is 33.9 Å². The molecule has 1 unspecified atom stereocenters. The van der Waals surface area contributed by atoms with Gasteiger partial charge in [0.2, 0.25) is 0 Å². The van der Waals surface area contributed by atoms with E-state index in [4.69, 9.17) is 0 Å². The molecule has 1 atom stereocenters. The van der Waals surface area contributed by atoms with Crippen molar-refractivity contribution in [3.8, 4) is 0 Å². The highest BCUT2D eigenvalue weighted by Gasteiger charge is 2.49. The predicted molar refractivity (Wildman–Crippen MR) is 86.6 cm³/mol. The Morgan fingerprint density at radius 2 is 1.81 bits per heavy atom. The SMILES string of the molecule is CCN1CCC2(C1)CN(CC(C)N1CC3(CCCN3)C1)C2. The molecule has 1 N–H and O–H groups in total. The number of nitrogens with one attached hydrogen (secondary N) is 1. The van der Waals surface area contributed by atoms with Crippen molar-refractivity contribution < 1.29 is 0 Å². The lowest BCUT2D eigenvalue weighted by atomic mass is 9.78. The summed E-state index contributed by atoms with van der Waals surface area (Å²) in [6.45, 7) is 16.5. The van der Waals surface area contributed by atoms with Crippen LogP contribution in [0.25, 0.3) is 0 Å². The molecule has 4 aliphatic rings. The molecule has 0 aromatic carbocycles. The van der Waals surface area contributed by atoms with Gasteiger partial charge in [0.25, 0.3) is 0 Å². The third-order valence-corrected chi connectivity index (χ3v) is 6.57. The summed E-state index contributed by atoms with van der Waals surface area (Å²) < 4.78 is 0. The molecule has 4 saturated heterocycles. The number of hydrogen-bond donors (Lipinski definition) is 1. The largest absolute Gasteiger partial charge is 0.309 e. The highest BCUT2D eigenvalue weighted by Crippen LogP contribution is 2.40. The molecule has 21 heavy (non-hydrogen) atoms. The summed E-state index contributed by atoms with van der Waals surface area (Å²) in [6, 6.07) is 0.735. The lowest BCUT2D eigenvalue weighted by Crippen LogP contribution is -2.70. The second-order valence-corrected chi connectivity index (χ2v) is 8.35. The molecule has 0 bridgehead atoms. The van der Waals surface area contributed by atoms with E-state index in [-0.39, 0.29) is 0 Å². The average molecular weight is 292 g/mol. The summed E-state index contributed by atoms with van der Waals surface area (Å²) in [6.07, 6.45) is 4.21. The van der Waals surface area contributed by atoms with Crippen molar-refractivity contribution in [1.29, 1.82) is 0 Å². The molecule has 0 aliphatic carbocycles. The van der Waals surface area contributed by atoms with Gasteiger partial charge < -0.3 is 15.1 Å². The summed E-state index contributed by atoms with van der Waals surface area (Å²) in [5.74, 6) is 0. The van der Waals surface area contributed by atoms with E-state index in [0.717, 1.165) is 6.04 Å². The van der Waals surface area contributed by atoms with Crippen molar-refractivity contribution in [2.24, 2.45) is 5.41 Å². The molecule has 120 valence electrons. The fourth-order valence-electron chi connectivity index (χ4n) is 5.26. The quantitative estimate of drug-likeness (QED) is 0.829. The highest BCUT2D eigenvalue weighted by atomic mass is 15.3. The molecule has 0 amide bonds. The van der Waals surface area contributed by atoms with E-state index >= 15 is 0 Å². The summed E-state index contributed by atoms with van der Waals surface area (Å²) >= 11 is 0. The predicted octanol–water partition coefficient (Wildman–Crippen LogP) is 0.840. The maximum atomic E-state index is 3.73. The number of nitrogens with zero attached hydrogens (tertiary/aromatic N) is 3. The van der Waals surface area contributed by atoms with Crippen molar-refractivity contribution in [2.45, 2.75) is 44.7 Å². The molecular formula is C17H32N4. The Balaban J connectivity index is 1.20. The van der Waals surface area contributed by atoms with Gasteiger partial charge in [-0.05, 0) is 45.8 Å². The van der Waals surface area contributed by atoms with Gasteiger partial charge in [-0.3, -0.25) is 4.90 Å². The maximum absolute atomic E-state index is 3.73. The minimum atomic E-state index is 0.511. The molecule has 4 aliphatic heterocycles. The Bertz CT molecular complexity index is 376. The minimum absolute atomic E-state index is 0.511. The van der Waals surface area contributed by atoms with E-state index in [1.54, 1.807) is 0 Å². The third-order valence-electron chi connectivity index (χ3n) is 6.57. The Labute approximate surface area is 129 Å². The Morgan fingerprint density at radius 1 is 1.05 bits per heavy atom. The van der Waals surface area contributed by atoms with Crippen LogP contribution in [-0.2, 0) is 0 Å². The fraction of sp³-hybridized carbons (Fsp3) is 1.00. The van der Waals surface area contributed by atoms with Crippen LogP contribution >= 0.6 is 0 Å². The van der Waals surface area contributed by atoms with E-state index in [1.807, 2.05) is 0 Å². The molecule has 2 spiro atoms. The topological polar surface area (TPSA) is 21.8 Å². The Hall–Kier alpha value is -0.160.